The van der Waals surface area contributed by atoms with Crippen LogP contribution in [0.25, 0.3) is 0 Å². The van der Waals surface area contributed by atoms with Crippen LogP contribution in [0.2, 0.25) is 0 Å². The maximum atomic E-state index is 11.3. The van der Waals surface area contributed by atoms with Gasteiger partial charge in [0.2, 0.25) is 12.6 Å². The molecule has 0 spiro atoms. The Morgan fingerprint density at radius 3 is 3.00 bits per heavy atom. The molecule has 0 aliphatic carbocycles. The Balaban J connectivity index is 1.79. The summed E-state index contributed by atoms with van der Waals surface area (Å²) in [5.41, 5.74) is 0.850. The number of hydrogen-bond donors (Lipinski definition) is 1. The fourth-order valence-corrected chi connectivity index (χ4v) is 2.61. The lowest BCUT2D eigenvalue weighted by Gasteiger charge is -2.02. The van der Waals surface area contributed by atoms with Crippen molar-refractivity contribution in [1.82, 2.24) is 4.72 Å². The molecule has 20 heavy (non-hydrogen) atoms. The van der Waals surface area contributed by atoms with Gasteiger partial charge in [-0.25, -0.2) is 4.72 Å². The smallest absolute Gasteiger partial charge is 0.347 e. The SMILES string of the molecule is COC1=NS(=O)(=O)NC1=NCc1ccc2c(c1)OCO2. The van der Waals surface area contributed by atoms with E-state index in [9.17, 15) is 8.42 Å². The lowest BCUT2D eigenvalue weighted by molar-refractivity contribution is 0.174. The minimum Gasteiger partial charge on any atom is -0.478 e. The molecule has 2 aliphatic heterocycles. The highest BCUT2D eigenvalue weighted by Gasteiger charge is 2.27. The van der Waals surface area contributed by atoms with Crippen LogP contribution >= 0.6 is 0 Å². The number of ether oxygens (including phenoxy) is 3. The first-order chi connectivity index (χ1) is 9.57. The molecule has 0 radical (unpaired) electrons. The normalized spacial score (nSPS) is 20.6. The van der Waals surface area contributed by atoms with Gasteiger partial charge in [0, 0.05) is 0 Å². The third-order valence-corrected chi connectivity index (χ3v) is 3.54. The van der Waals surface area contributed by atoms with Crippen molar-refractivity contribution in [1.29, 1.82) is 0 Å². The molecule has 3 rings (SSSR count). The number of nitrogens with zero attached hydrogens (tertiary/aromatic N) is 2. The Morgan fingerprint density at radius 2 is 2.20 bits per heavy atom. The standard InChI is InChI=1S/C11H11N3O5S/c1-17-11-10(13-20(15,16)14-11)12-5-7-2-3-8-9(4-7)19-6-18-8/h2-4H,5-6H2,1H3,(H,12,13). The van der Waals surface area contributed by atoms with Crippen molar-refractivity contribution >= 4 is 21.9 Å². The first kappa shape index (κ1) is 12.7. The van der Waals surface area contributed by atoms with Gasteiger partial charge in [-0.1, -0.05) is 6.07 Å². The molecule has 0 amide bonds. The third-order valence-electron chi connectivity index (χ3n) is 2.68. The molecule has 0 bridgehead atoms. The molecule has 0 saturated heterocycles. The summed E-state index contributed by atoms with van der Waals surface area (Å²) in [5, 5.41) is 0. The topological polar surface area (TPSA) is 98.6 Å². The van der Waals surface area contributed by atoms with Gasteiger partial charge in [-0.15, -0.1) is 4.40 Å². The van der Waals surface area contributed by atoms with E-state index in [-0.39, 0.29) is 25.1 Å². The number of amidine groups is 1. The van der Waals surface area contributed by atoms with Crippen LogP contribution in [-0.4, -0.2) is 34.1 Å². The van der Waals surface area contributed by atoms with Gasteiger partial charge in [-0.05, 0) is 17.7 Å². The van der Waals surface area contributed by atoms with Crippen LogP contribution in [0, 0.1) is 0 Å². The van der Waals surface area contributed by atoms with Gasteiger partial charge in [0.25, 0.3) is 5.90 Å². The number of hydrogen-bond acceptors (Lipinski definition) is 6. The van der Waals surface area contributed by atoms with Crippen molar-refractivity contribution in [3.05, 3.63) is 23.8 Å². The highest BCUT2D eigenvalue weighted by molar-refractivity contribution is 7.89. The van der Waals surface area contributed by atoms with Crippen LogP contribution in [0.5, 0.6) is 11.5 Å². The molecule has 2 heterocycles. The van der Waals surface area contributed by atoms with Crippen molar-refractivity contribution in [2.75, 3.05) is 13.9 Å². The predicted molar refractivity (Wildman–Crippen MR) is 70.2 cm³/mol. The first-order valence-corrected chi connectivity index (χ1v) is 7.11. The van der Waals surface area contributed by atoms with E-state index in [1.54, 1.807) is 12.1 Å². The van der Waals surface area contributed by atoms with Crippen LogP contribution in [0.1, 0.15) is 5.56 Å². The highest BCUT2D eigenvalue weighted by Crippen LogP contribution is 2.32. The molecule has 1 aromatic carbocycles. The highest BCUT2D eigenvalue weighted by atomic mass is 32.2. The van der Waals surface area contributed by atoms with Crippen molar-refractivity contribution in [2.24, 2.45) is 9.39 Å². The van der Waals surface area contributed by atoms with Gasteiger partial charge in [0.1, 0.15) is 0 Å². The van der Waals surface area contributed by atoms with E-state index >= 15 is 0 Å². The Hall–Kier alpha value is -2.29. The van der Waals surface area contributed by atoms with E-state index in [1.807, 2.05) is 6.07 Å². The molecular weight excluding hydrogens is 286 g/mol. The van der Waals surface area contributed by atoms with Crippen molar-refractivity contribution < 1.29 is 22.6 Å². The molecule has 0 fully saturated rings. The van der Waals surface area contributed by atoms with Gasteiger partial charge < -0.3 is 14.2 Å². The zero-order valence-electron chi connectivity index (χ0n) is 10.5. The molecule has 0 saturated carbocycles. The van der Waals surface area contributed by atoms with E-state index in [2.05, 4.69) is 14.1 Å². The molecule has 0 unspecified atom stereocenters. The zero-order valence-corrected chi connectivity index (χ0v) is 11.3. The van der Waals surface area contributed by atoms with Gasteiger partial charge in [-0.2, -0.15) is 8.42 Å². The number of aliphatic imine (C=N–C) groups is 1. The van der Waals surface area contributed by atoms with Gasteiger partial charge in [0.15, 0.2) is 11.5 Å². The second kappa shape index (κ2) is 4.67. The number of methoxy groups -OCH3 is 1. The van der Waals surface area contributed by atoms with E-state index in [4.69, 9.17) is 14.2 Å². The second-order valence-corrected chi connectivity index (χ2v) is 5.37. The summed E-state index contributed by atoms with van der Waals surface area (Å²) in [4.78, 5) is 4.14. The quantitative estimate of drug-likeness (QED) is 0.841. The van der Waals surface area contributed by atoms with Crippen molar-refractivity contribution in [3.8, 4) is 11.5 Å². The number of nitrogens with one attached hydrogen (secondary N) is 1. The van der Waals surface area contributed by atoms with Crippen molar-refractivity contribution in [3.63, 3.8) is 0 Å². The van der Waals surface area contributed by atoms with E-state index in [1.165, 1.54) is 7.11 Å². The van der Waals surface area contributed by atoms with E-state index < -0.39 is 10.2 Å². The molecule has 1 N–H and O–H groups in total. The fraction of sp³-hybridized carbons (Fsp3) is 0.273. The van der Waals surface area contributed by atoms with Gasteiger partial charge >= 0.3 is 10.2 Å². The lowest BCUT2D eigenvalue weighted by Crippen LogP contribution is -2.27. The Kier molecular flexibility index (Phi) is 2.97. The van der Waals surface area contributed by atoms with E-state index in [0.29, 0.717) is 11.5 Å². The van der Waals surface area contributed by atoms with Crippen molar-refractivity contribution in [2.45, 2.75) is 6.54 Å². The predicted octanol–water partition coefficient (Wildman–Crippen LogP) is 0.207. The monoisotopic (exact) mass is 297 g/mol. The average Bonchev–Trinajstić information content (AvgIpc) is 2.99. The van der Waals surface area contributed by atoms with Crippen LogP contribution in [-0.2, 0) is 21.5 Å². The zero-order chi connectivity index (χ0) is 14.2. The average molecular weight is 297 g/mol. The molecular formula is C11H11N3O5S. The summed E-state index contributed by atoms with van der Waals surface area (Å²) in [5.74, 6) is 1.37. The van der Waals surface area contributed by atoms with Gasteiger partial charge in [0.05, 0.1) is 13.7 Å². The molecule has 1 aromatic rings. The van der Waals surface area contributed by atoms with Crippen LogP contribution in [0.4, 0.5) is 0 Å². The van der Waals surface area contributed by atoms with E-state index in [0.717, 1.165) is 5.56 Å². The Bertz CT molecular complexity index is 711. The first-order valence-electron chi connectivity index (χ1n) is 5.67. The van der Waals surface area contributed by atoms with Crippen LogP contribution in [0.3, 0.4) is 0 Å². The Morgan fingerprint density at radius 1 is 1.40 bits per heavy atom. The maximum absolute atomic E-state index is 11.3. The minimum absolute atomic E-state index is 0.0502. The molecule has 0 aromatic heterocycles. The van der Waals surface area contributed by atoms with Gasteiger partial charge in [-0.3, -0.25) is 4.99 Å². The number of rotatable bonds is 2. The summed E-state index contributed by atoms with van der Waals surface area (Å²) in [6.45, 7) is 0.463. The summed E-state index contributed by atoms with van der Waals surface area (Å²) in [6, 6.07) is 5.39. The largest absolute Gasteiger partial charge is 0.478 e. The summed E-state index contributed by atoms with van der Waals surface area (Å²) in [6.07, 6.45) is 0. The molecule has 2 aliphatic rings. The number of fused-ring (bicyclic) bond motifs is 1. The second-order valence-electron chi connectivity index (χ2n) is 4.03. The van der Waals surface area contributed by atoms with Crippen LogP contribution in [0.15, 0.2) is 27.6 Å². The Labute approximate surface area is 115 Å². The summed E-state index contributed by atoms with van der Waals surface area (Å²) in [7, 11) is -2.40. The number of benzene rings is 1. The summed E-state index contributed by atoms with van der Waals surface area (Å²) < 4.78 is 43.4. The molecule has 0 atom stereocenters. The minimum atomic E-state index is -3.73. The molecule has 106 valence electrons. The third kappa shape index (κ3) is 2.39. The van der Waals surface area contributed by atoms with Crippen LogP contribution < -0.4 is 14.2 Å². The summed E-state index contributed by atoms with van der Waals surface area (Å²) >= 11 is 0. The molecule has 9 heteroatoms. The maximum Gasteiger partial charge on any atom is 0.347 e. The fourth-order valence-electron chi connectivity index (χ4n) is 1.78. The molecule has 8 nitrogen and oxygen atoms in total. The lowest BCUT2D eigenvalue weighted by atomic mass is 10.2.